The second-order valence-electron chi connectivity index (χ2n) is 15.2. The number of hydrogen-bond acceptors (Lipinski definition) is 6. The molecule has 3 saturated heterocycles. The Bertz CT molecular complexity index is 1590. The highest BCUT2D eigenvalue weighted by Crippen LogP contribution is 2.26. The average molecular weight is 686 g/mol. The van der Waals surface area contributed by atoms with E-state index in [1.165, 1.54) is 48.2 Å². The van der Waals surface area contributed by atoms with Gasteiger partial charge in [0.2, 0.25) is 0 Å². The standard InChI is InChI=1S/C45H59N5O/c1-51-45-21-11-19-40(32-45)22-25-47-27-28-50(35-43(47)30-38-15-7-3-8-16-38)44(31-39-17-9-4-10-18-39)36-48-24-12-20-41(48)34-49-26-23-46-33-42(49)29-37-13-5-2-6-14-37/h2-11,13-19,21,32,41-44,46H,12,20,22-31,33-36H2,1H3/t41?,42-,43-,44-/m0/s1. The van der Waals surface area contributed by atoms with Crippen LogP contribution in [0, 0.1) is 0 Å². The van der Waals surface area contributed by atoms with Crippen molar-refractivity contribution >= 4 is 0 Å². The summed E-state index contributed by atoms with van der Waals surface area (Å²) in [6.45, 7) is 11.3. The molecule has 0 bridgehead atoms. The highest BCUT2D eigenvalue weighted by molar-refractivity contribution is 5.28. The van der Waals surface area contributed by atoms with Crippen LogP contribution in [0.4, 0.5) is 0 Å². The smallest absolute Gasteiger partial charge is 0.119 e. The molecule has 0 spiro atoms. The lowest BCUT2D eigenvalue weighted by Crippen LogP contribution is -2.60. The predicted molar refractivity (Wildman–Crippen MR) is 211 cm³/mol. The van der Waals surface area contributed by atoms with E-state index in [1.807, 2.05) is 6.07 Å². The fraction of sp³-hybridized carbons (Fsp3) is 0.467. The molecule has 3 aliphatic rings. The SMILES string of the molecule is COc1cccc(CCN2CCN([C@@H](Cc3ccccc3)CN3CCCC3CN3CCNC[C@@H]3Cc3ccccc3)C[C@@H]2Cc2ccccc2)c1. The van der Waals surface area contributed by atoms with Gasteiger partial charge in [-0.15, -0.1) is 0 Å². The largest absolute Gasteiger partial charge is 0.497 e. The lowest BCUT2D eigenvalue weighted by Gasteiger charge is -2.46. The number of rotatable bonds is 15. The minimum atomic E-state index is 0.485. The number of nitrogens with one attached hydrogen (secondary N) is 1. The number of ether oxygens (including phenoxy) is 1. The number of benzene rings is 4. The van der Waals surface area contributed by atoms with Crippen molar-refractivity contribution in [3.8, 4) is 5.75 Å². The molecule has 4 aromatic rings. The zero-order valence-electron chi connectivity index (χ0n) is 30.8. The Morgan fingerprint density at radius 3 is 2.08 bits per heavy atom. The molecular weight excluding hydrogens is 627 g/mol. The highest BCUT2D eigenvalue weighted by atomic mass is 16.5. The number of likely N-dealkylation sites (tertiary alicyclic amines) is 1. The van der Waals surface area contributed by atoms with Gasteiger partial charge in [-0.05, 0) is 79.5 Å². The Morgan fingerprint density at radius 1 is 0.667 bits per heavy atom. The maximum absolute atomic E-state index is 5.54. The summed E-state index contributed by atoms with van der Waals surface area (Å²) in [6, 6.07) is 44.4. The van der Waals surface area contributed by atoms with Crippen molar-refractivity contribution in [1.29, 1.82) is 0 Å². The van der Waals surface area contributed by atoms with E-state index in [-0.39, 0.29) is 0 Å². The van der Waals surface area contributed by atoms with Crippen molar-refractivity contribution in [2.24, 2.45) is 0 Å². The number of nitrogens with zero attached hydrogens (tertiary/aromatic N) is 4. The van der Waals surface area contributed by atoms with Crippen molar-refractivity contribution in [2.75, 3.05) is 72.6 Å². The molecule has 1 unspecified atom stereocenters. The van der Waals surface area contributed by atoms with Gasteiger partial charge in [-0.1, -0.05) is 103 Å². The van der Waals surface area contributed by atoms with E-state index >= 15 is 0 Å². The van der Waals surface area contributed by atoms with Crippen LogP contribution >= 0.6 is 0 Å². The molecule has 0 radical (unpaired) electrons. The first kappa shape index (κ1) is 35.9. The third kappa shape index (κ3) is 10.1. The molecule has 1 N–H and O–H groups in total. The molecule has 7 rings (SSSR count). The lowest BCUT2D eigenvalue weighted by atomic mass is 9.97. The van der Waals surface area contributed by atoms with Gasteiger partial charge in [0.1, 0.15) is 5.75 Å². The molecule has 0 saturated carbocycles. The van der Waals surface area contributed by atoms with Gasteiger partial charge in [0.25, 0.3) is 0 Å². The fourth-order valence-corrected chi connectivity index (χ4v) is 8.93. The van der Waals surface area contributed by atoms with Crippen LogP contribution in [-0.2, 0) is 25.7 Å². The second kappa shape index (κ2) is 18.3. The molecule has 0 aliphatic carbocycles. The van der Waals surface area contributed by atoms with Gasteiger partial charge >= 0.3 is 0 Å². The van der Waals surface area contributed by atoms with Gasteiger partial charge in [0, 0.05) is 83.1 Å². The quantitative estimate of drug-likeness (QED) is 0.164. The Kier molecular flexibility index (Phi) is 12.9. The first-order valence-electron chi connectivity index (χ1n) is 19.6. The van der Waals surface area contributed by atoms with Crippen molar-refractivity contribution < 1.29 is 4.74 Å². The first-order chi connectivity index (χ1) is 25.2. The maximum Gasteiger partial charge on any atom is 0.119 e. The lowest BCUT2D eigenvalue weighted by molar-refractivity contribution is 0.0299. The van der Waals surface area contributed by atoms with E-state index in [1.54, 1.807) is 7.11 Å². The summed E-state index contributed by atoms with van der Waals surface area (Å²) in [5, 5.41) is 3.70. The van der Waals surface area contributed by atoms with E-state index in [2.05, 4.69) is 134 Å². The third-order valence-electron chi connectivity index (χ3n) is 11.8. The minimum absolute atomic E-state index is 0.485. The van der Waals surface area contributed by atoms with E-state index in [4.69, 9.17) is 4.74 Å². The average Bonchev–Trinajstić information content (AvgIpc) is 3.62. The monoisotopic (exact) mass is 685 g/mol. The Balaban J connectivity index is 1.06. The summed E-state index contributed by atoms with van der Waals surface area (Å²) in [5.74, 6) is 0.950. The molecule has 0 aromatic heterocycles. The topological polar surface area (TPSA) is 34.2 Å². The minimum Gasteiger partial charge on any atom is -0.497 e. The molecule has 270 valence electrons. The molecule has 4 aromatic carbocycles. The van der Waals surface area contributed by atoms with Gasteiger partial charge < -0.3 is 10.1 Å². The summed E-state index contributed by atoms with van der Waals surface area (Å²) >= 11 is 0. The third-order valence-corrected chi connectivity index (χ3v) is 11.8. The maximum atomic E-state index is 5.54. The summed E-state index contributed by atoms with van der Waals surface area (Å²) in [4.78, 5) is 11.4. The van der Waals surface area contributed by atoms with Crippen LogP contribution in [0.25, 0.3) is 0 Å². The summed E-state index contributed by atoms with van der Waals surface area (Å²) in [7, 11) is 1.76. The van der Waals surface area contributed by atoms with Crippen molar-refractivity contribution in [3.63, 3.8) is 0 Å². The van der Waals surface area contributed by atoms with Gasteiger partial charge in [-0.25, -0.2) is 0 Å². The first-order valence-corrected chi connectivity index (χ1v) is 19.6. The molecular formula is C45H59N5O. The van der Waals surface area contributed by atoms with E-state index in [9.17, 15) is 0 Å². The Labute approximate surface area is 307 Å². The zero-order chi connectivity index (χ0) is 34.7. The van der Waals surface area contributed by atoms with Gasteiger partial charge in [-0.2, -0.15) is 0 Å². The van der Waals surface area contributed by atoms with Crippen LogP contribution in [0.3, 0.4) is 0 Å². The van der Waals surface area contributed by atoms with Crippen molar-refractivity contribution in [1.82, 2.24) is 24.9 Å². The van der Waals surface area contributed by atoms with Crippen LogP contribution in [0.1, 0.15) is 35.1 Å². The van der Waals surface area contributed by atoms with Crippen LogP contribution in [0.2, 0.25) is 0 Å². The molecule has 3 fully saturated rings. The van der Waals surface area contributed by atoms with Crippen LogP contribution in [0.15, 0.2) is 115 Å². The number of hydrogen-bond donors (Lipinski definition) is 1. The molecule has 6 heteroatoms. The Hall–Kier alpha value is -3.52. The Morgan fingerprint density at radius 2 is 1.35 bits per heavy atom. The fourth-order valence-electron chi connectivity index (χ4n) is 8.93. The molecule has 51 heavy (non-hydrogen) atoms. The van der Waals surface area contributed by atoms with Gasteiger partial charge in [-0.3, -0.25) is 19.6 Å². The molecule has 3 aliphatic heterocycles. The summed E-state index contributed by atoms with van der Waals surface area (Å²) < 4.78 is 5.54. The van der Waals surface area contributed by atoms with E-state index in [0.717, 1.165) is 83.8 Å². The van der Waals surface area contributed by atoms with E-state index in [0.29, 0.717) is 24.2 Å². The predicted octanol–water partition coefficient (Wildman–Crippen LogP) is 6.06. The summed E-state index contributed by atoms with van der Waals surface area (Å²) in [6.07, 6.45) is 6.99. The zero-order valence-corrected chi connectivity index (χ0v) is 30.8. The van der Waals surface area contributed by atoms with Crippen molar-refractivity contribution in [2.45, 2.75) is 62.7 Å². The molecule has 3 heterocycles. The normalized spacial score (nSPS) is 23.0. The molecule has 6 nitrogen and oxygen atoms in total. The second-order valence-corrected chi connectivity index (χ2v) is 15.2. The number of methoxy groups -OCH3 is 1. The molecule has 4 atom stereocenters. The van der Waals surface area contributed by atoms with Crippen LogP contribution in [0.5, 0.6) is 5.75 Å². The van der Waals surface area contributed by atoms with Crippen LogP contribution in [-0.4, -0.2) is 116 Å². The highest BCUT2D eigenvalue weighted by Gasteiger charge is 2.35. The van der Waals surface area contributed by atoms with Gasteiger partial charge in [0.05, 0.1) is 7.11 Å². The van der Waals surface area contributed by atoms with E-state index < -0.39 is 0 Å². The molecule has 0 amide bonds. The van der Waals surface area contributed by atoms with Gasteiger partial charge in [0.15, 0.2) is 0 Å². The number of piperazine rings is 2. The summed E-state index contributed by atoms with van der Waals surface area (Å²) in [5.41, 5.74) is 5.71. The van der Waals surface area contributed by atoms with Crippen LogP contribution < -0.4 is 10.1 Å². The van der Waals surface area contributed by atoms with Crippen molar-refractivity contribution in [3.05, 3.63) is 138 Å².